The molecule has 0 bridgehead atoms. The number of hydrogen-bond acceptors (Lipinski definition) is 3. The Morgan fingerprint density at radius 3 is 2.65 bits per heavy atom. The van der Waals surface area contributed by atoms with Gasteiger partial charge in [-0.05, 0) is 32.1 Å². The van der Waals surface area contributed by atoms with Gasteiger partial charge < -0.3 is 14.7 Å². The van der Waals surface area contributed by atoms with Gasteiger partial charge in [0, 0.05) is 12.1 Å². The highest BCUT2D eigenvalue weighted by Gasteiger charge is 2.08. The Morgan fingerprint density at radius 1 is 1.41 bits per heavy atom. The van der Waals surface area contributed by atoms with Crippen molar-refractivity contribution >= 4 is 5.97 Å². The first-order chi connectivity index (χ1) is 8.02. The van der Waals surface area contributed by atoms with E-state index < -0.39 is 5.97 Å². The molecule has 4 heteroatoms. The third-order valence-electron chi connectivity index (χ3n) is 2.53. The van der Waals surface area contributed by atoms with Gasteiger partial charge in [-0.3, -0.25) is 4.79 Å². The highest BCUT2D eigenvalue weighted by atomic mass is 16.5. The predicted molar refractivity (Wildman–Crippen MR) is 66.6 cm³/mol. The molecular formula is C13H19NO3. The van der Waals surface area contributed by atoms with Crippen LogP contribution in [0.4, 0.5) is 0 Å². The number of carbonyl (C=O) groups is 1. The zero-order valence-corrected chi connectivity index (χ0v) is 10.6. The number of aliphatic carboxylic acids is 1. The molecule has 0 spiro atoms. The third kappa shape index (κ3) is 4.44. The largest absolute Gasteiger partial charge is 0.496 e. The van der Waals surface area contributed by atoms with Crippen molar-refractivity contribution in [2.75, 3.05) is 27.7 Å². The van der Waals surface area contributed by atoms with Crippen LogP contribution in [-0.4, -0.2) is 43.7 Å². The maximum atomic E-state index is 10.8. The molecule has 0 saturated carbocycles. The van der Waals surface area contributed by atoms with Gasteiger partial charge >= 0.3 is 5.97 Å². The van der Waals surface area contributed by atoms with Crippen LogP contribution in [0.15, 0.2) is 18.2 Å². The van der Waals surface area contributed by atoms with Gasteiger partial charge in [-0.2, -0.15) is 0 Å². The number of nitrogens with zero attached hydrogens (tertiary/aromatic N) is 1. The number of carboxylic acid groups (broad SMARTS) is 1. The molecule has 94 valence electrons. The second-order valence-electron chi connectivity index (χ2n) is 4.27. The quantitative estimate of drug-likeness (QED) is 0.813. The molecule has 0 saturated heterocycles. The van der Waals surface area contributed by atoms with E-state index >= 15 is 0 Å². The molecule has 0 fully saturated rings. The van der Waals surface area contributed by atoms with Crippen molar-refractivity contribution in [2.24, 2.45) is 0 Å². The van der Waals surface area contributed by atoms with Crippen LogP contribution in [0, 0.1) is 0 Å². The summed E-state index contributed by atoms with van der Waals surface area (Å²) >= 11 is 0. The first-order valence-corrected chi connectivity index (χ1v) is 5.55. The Labute approximate surface area is 102 Å². The van der Waals surface area contributed by atoms with Crippen molar-refractivity contribution in [1.29, 1.82) is 0 Å². The van der Waals surface area contributed by atoms with E-state index in [1.807, 2.05) is 32.3 Å². The fourth-order valence-electron chi connectivity index (χ4n) is 1.64. The van der Waals surface area contributed by atoms with E-state index in [0.29, 0.717) is 5.75 Å². The average molecular weight is 237 g/mol. The maximum Gasteiger partial charge on any atom is 0.307 e. The second kappa shape index (κ2) is 6.25. The Kier molecular flexibility index (Phi) is 4.97. The topological polar surface area (TPSA) is 49.8 Å². The number of rotatable bonds is 6. The number of hydrogen-bond donors (Lipinski definition) is 1. The molecule has 0 aromatic heterocycles. The molecule has 1 N–H and O–H groups in total. The molecular weight excluding hydrogens is 218 g/mol. The summed E-state index contributed by atoms with van der Waals surface area (Å²) in [5, 5.41) is 8.83. The molecule has 0 unspecified atom stereocenters. The van der Waals surface area contributed by atoms with Gasteiger partial charge in [-0.25, -0.2) is 0 Å². The summed E-state index contributed by atoms with van der Waals surface area (Å²) in [6.45, 7) is 0.943. The molecule has 1 rings (SSSR count). The van der Waals surface area contributed by atoms with Gasteiger partial charge in [0.15, 0.2) is 0 Å². The van der Waals surface area contributed by atoms with E-state index in [1.165, 1.54) is 0 Å². The van der Waals surface area contributed by atoms with Crippen LogP contribution >= 0.6 is 0 Å². The summed E-state index contributed by atoms with van der Waals surface area (Å²) in [4.78, 5) is 12.8. The molecule has 1 aromatic rings. The summed E-state index contributed by atoms with van der Waals surface area (Å²) in [6.07, 6.45) is 0.905. The lowest BCUT2D eigenvalue weighted by molar-refractivity contribution is -0.136. The van der Waals surface area contributed by atoms with E-state index in [0.717, 1.165) is 24.1 Å². The summed E-state index contributed by atoms with van der Waals surface area (Å²) < 4.78 is 5.15. The number of carboxylic acids is 1. The van der Waals surface area contributed by atoms with E-state index in [-0.39, 0.29) is 6.42 Å². The molecule has 0 radical (unpaired) electrons. The molecule has 0 aliphatic carbocycles. The predicted octanol–water partition coefficient (Wildman–Crippen LogP) is 1.43. The Bertz CT molecular complexity index is 388. The highest BCUT2D eigenvalue weighted by molar-refractivity contribution is 5.71. The zero-order valence-electron chi connectivity index (χ0n) is 10.6. The van der Waals surface area contributed by atoms with Gasteiger partial charge in [0.2, 0.25) is 0 Å². The van der Waals surface area contributed by atoms with Crippen molar-refractivity contribution in [3.05, 3.63) is 29.3 Å². The van der Waals surface area contributed by atoms with Gasteiger partial charge in [-0.15, -0.1) is 0 Å². The number of methoxy groups -OCH3 is 1. The summed E-state index contributed by atoms with van der Waals surface area (Å²) in [5.41, 5.74) is 1.87. The first kappa shape index (κ1) is 13.5. The first-order valence-electron chi connectivity index (χ1n) is 5.55. The number of benzene rings is 1. The zero-order chi connectivity index (χ0) is 12.8. The van der Waals surface area contributed by atoms with Crippen LogP contribution in [-0.2, 0) is 17.6 Å². The van der Waals surface area contributed by atoms with Gasteiger partial charge in [-0.1, -0.05) is 12.1 Å². The van der Waals surface area contributed by atoms with Crippen LogP contribution < -0.4 is 4.74 Å². The highest BCUT2D eigenvalue weighted by Crippen LogP contribution is 2.20. The average Bonchev–Trinajstić information content (AvgIpc) is 2.25. The summed E-state index contributed by atoms with van der Waals surface area (Å²) in [7, 11) is 5.59. The van der Waals surface area contributed by atoms with Crippen LogP contribution in [0.3, 0.4) is 0 Å². The Hall–Kier alpha value is -1.55. The Balaban J connectivity index is 2.84. The standard InChI is InChI=1S/C13H19NO3/c1-14(2)7-6-10-4-5-12(17-3)11(8-10)9-13(15)16/h4-5,8H,6-7,9H2,1-3H3,(H,15,16). The van der Waals surface area contributed by atoms with Crippen molar-refractivity contribution in [3.8, 4) is 5.75 Å². The number of likely N-dealkylation sites (N-methyl/N-ethyl adjacent to an activating group) is 1. The minimum absolute atomic E-state index is 0.00101. The van der Waals surface area contributed by atoms with Crippen molar-refractivity contribution in [2.45, 2.75) is 12.8 Å². The number of ether oxygens (including phenoxy) is 1. The normalized spacial score (nSPS) is 10.6. The summed E-state index contributed by atoms with van der Waals surface area (Å²) in [6, 6.07) is 5.73. The monoisotopic (exact) mass is 237 g/mol. The van der Waals surface area contributed by atoms with Gasteiger partial charge in [0.25, 0.3) is 0 Å². The lowest BCUT2D eigenvalue weighted by Crippen LogP contribution is -2.15. The molecule has 0 amide bonds. The minimum Gasteiger partial charge on any atom is -0.496 e. The smallest absolute Gasteiger partial charge is 0.307 e. The van der Waals surface area contributed by atoms with Crippen LogP contribution in [0.5, 0.6) is 5.75 Å². The second-order valence-corrected chi connectivity index (χ2v) is 4.27. The van der Waals surface area contributed by atoms with E-state index in [4.69, 9.17) is 9.84 Å². The lowest BCUT2D eigenvalue weighted by atomic mass is 10.0. The minimum atomic E-state index is -0.840. The van der Waals surface area contributed by atoms with Crippen LogP contribution in [0.2, 0.25) is 0 Å². The van der Waals surface area contributed by atoms with Crippen molar-refractivity contribution < 1.29 is 14.6 Å². The fraction of sp³-hybridized carbons (Fsp3) is 0.462. The Morgan fingerprint density at radius 2 is 2.12 bits per heavy atom. The summed E-state index contributed by atoms with van der Waals surface area (Å²) in [5.74, 6) is -0.200. The molecule has 1 aromatic carbocycles. The van der Waals surface area contributed by atoms with Gasteiger partial charge in [0.05, 0.1) is 13.5 Å². The van der Waals surface area contributed by atoms with E-state index in [1.54, 1.807) is 7.11 Å². The van der Waals surface area contributed by atoms with Gasteiger partial charge in [0.1, 0.15) is 5.75 Å². The van der Waals surface area contributed by atoms with Crippen LogP contribution in [0.25, 0.3) is 0 Å². The van der Waals surface area contributed by atoms with Crippen LogP contribution in [0.1, 0.15) is 11.1 Å². The fourth-order valence-corrected chi connectivity index (χ4v) is 1.64. The molecule has 17 heavy (non-hydrogen) atoms. The van der Waals surface area contributed by atoms with Crippen molar-refractivity contribution in [1.82, 2.24) is 4.90 Å². The maximum absolute atomic E-state index is 10.8. The van der Waals surface area contributed by atoms with E-state index in [9.17, 15) is 4.79 Å². The molecule has 4 nitrogen and oxygen atoms in total. The lowest BCUT2D eigenvalue weighted by Gasteiger charge is -2.12. The van der Waals surface area contributed by atoms with Crippen molar-refractivity contribution in [3.63, 3.8) is 0 Å². The molecule has 0 aliphatic heterocycles. The third-order valence-corrected chi connectivity index (χ3v) is 2.53. The molecule has 0 atom stereocenters. The molecule has 0 heterocycles. The molecule has 0 aliphatic rings. The SMILES string of the molecule is COc1ccc(CCN(C)C)cc1CC(=O)O. The van der Waals surface area contributed by atoms with E-state index in [2.05, 4.69) is 4.90 Å².